The summed E-state index contributed by atoms with van der Waals surface area (Å²) in [5.41, 5.74) is 1.94. The van der Waals surface area contributed by atoms with Crippen molar-refractivity contribution in [2.45, 2.75) is 0 Å². The first-order valence-electron chi connectivity index (χ1n) is 7.32. The Labute approximate surface area is 156 Å². The van der Waals surface area contributed by atoms with E-state index in [9.17, 15) is 4.79 Å². The molecule has 4 aromatic rings. The molecule has 3 heterocycles. The zero-order valence-corrected chi connectivity index (χ0v) is 15.1. The number of benzene rings is 1. The van der Waals surface area contributed by atoms with Gasteiger partial charge < -0.3 is 0 Å². The highest BCUT2D eigenvalue weighted by Gasteiger charge is 2.20. The number of hydrogen-bond acceptors (Lipinski definition) is 5. The second kappa shape index (κ2) is 6.79. The number of halogens is 1. The molecule has 25 heavy (non-hydrogen) atoms. The Bertz CT molecular complexity index is 1010. The molecule has 0 atom stereocenters. The smallest absolute Gasteiger partial charge is 0.261 e. The van der Waals surface area contributed by atoms with Gasteiger partial charge in [0.15, 0.2) is 5.13 Å². The molecular weight excluding hydrogens is 376 g/mol. The maximum Gasteiger partial charge on any atom is 0.261 e. The van der Waals surface area contributed by atoms with E-state index in [-0.39, 0.29) is 5.91 Å². The quantitative estimate of drug-likeness (QED) is 0.539. The Balaban J connectivity index is 1.78. The summed E-state index contributed by atoms with van der Waals surface area (Å²) in [4.78, 5) is 17.7. The van der Waals surface area contributed by atoms with Crippen molar-refractivity contribution >= 4 is 45.3 Å². The molecule has 0 spiro atoms. The highest BCUT2D eigenvalue weighted by molar-refractivity contribution is 7.19. The summed E-state index contributed by atoms with van der Waals surface area (Å²) in [6, 6.07) is 13.3. The first-order chi connectivity index (χ1) is 12.2. The Kier molecular flexibility index (Phi) is 4.35. The summed E-state index contributed by atoms with van der Waals surface area (Å²) >= 11 is 8.81. The molecular formula is C17H11ClN4OS2. The molecule has 0 fully saturated rings. The molecule has 3 aromatic heterocycles. The van der Waals surface area contributed by atoms with Crippen molar-refractivity contribution in [1.29, 1.82) is 0 Å². The minimum atomic E-state index is -0.253. The van der Waals surface area contributed by atoms with E-state index in [1.54, 1.807) is 23.1 Å². The van der Waals surface area contributed by atoms with Gasteiger partial charge in [-0.3, -0.25) is 10.1 Å². The number of para-hydroxylation sites is 1. The van der Waals surface area contributed by atoms with E-state index in [1.165, 1.54) is 22.7 Å². The van der Waals surface area contributed by atoms with Crippen molar-refractivity contribution < 1.29 is 4.79 Å². The van der Waals surface area contributed by atoms with Gasteiger partial charge in [-0.15, -0.1) is 22.7 Å². The van der Waals surface area contributed by atoms with Crippen LogP contribution in [0.4, 0.5) is 5.13 Å². The maximum absolute atomic E-state index is 12.7. The molecule has 1 aromatic carbocycles. The number of rotatable bonds is 4. The van der Waals surface area contributed by atoms with E-state index in [2.05, 4.69) is 15.4 Å². The Morgan fingerprint density at radius 2 is 2.00 bits per heavy atom. The van der Waals surface area contributed by atoms with Gasteiger partial charge in [0, 0.05) is 17.8 Å². The van der Waals surface area contributed by atoms with Crippen LogP contribution in [0.2, 0.25) is 4.34 Å². The number of hydrogen-bond donors (Lipinski definition) is 1. The Morgan fingerprint density at radius 3 is 2.68 bits per heavy atom. The third-order valence-electron chi connectivity index (χ3n) is 3.44. The van der Waals surface area contributed by atoms with E-state index >= 15 is 0 Å². The first-order valence-corrected chi connectivity index (χ1v) is 9.40. The zero-order valence-electron chi connectivity index (χ0n) is 12.7. The lowest BCUT2D eigenvalue weighted by Crippen LogP contribution is -2.11. The lowest BCUT2D eigenvalue weighted by Gasteiger charge is -2.00. The fourth-order valence-corrected chi connectivity index (χ4v) is 3.89. The SMILES string of the molecule is O=C(Nc1nccs1)c1cn(-c2ccccc2)nc1-c1ccc(Cl)s1. The van der Waals surface area contributed by atoms with Gasteiger partial charge in [0.25, 0.3) is 5.91 Å². The largest absolute Gasteiger partial charge is 0.298 e. The van der Waals surface area contributed by atoms with Crippen molar-refractivity contribution in [3.8, 4) is 16.3 Å². The Hall–Kier alpha value is -2.48. The van der Waals surface area contributed by atoms with Gasteiger partial charge >= 0.3 is 0 Å². The molecule has 0 saturated heterocycles. The van der Waals surface area contributed by atoms with Crippen molar-refractivity contribution in [3.63, 3.8) is 0 Å². The van der Waals surface area contributed by atoms with E-state index in [1.807, 2.05) is 41.8 Å². The molecule has 0 unspecified atom stereocenters. The second-order valence-corrected chi connectivity index (χ2v) is 7.68. The molecule has 0 saturated carbocycles. The van der Waals surface area contributed by atoms with Crippen molar-refractivity contribution in [3.05, 3.63) is 70.1 Å². The van der Waals surface area contributed by atoms with E-state index in [0.29, 0.717) is 20.7 Å². The lowest BCUT2D eigenvalue weighted by atomic mass is 10.2. The van der Waals surface area contributed by atoms with Crippen LogP contribution in [-0.4, -0.2) is 20.7 Å². The van der Waals surface area contributed by atoms with Crippen LogP contribution >= 0.6 is 34.3 Å². The number of carbonyl (C=O) groups excluding carboxylic acids is 1. The summed E-state index contributed by atoms with van der Waals surface area (Å²) < 4.78 is 2.34. The van der Waals surface area contributed by atoms with E-state index in [4.69, 9.17) is 11.6 Å². The monoisotopic (exact) mass is 386 g/mol. The van der Waals surface area contributed by atoms with Crippen LogP contribution in [0.1, 0.15) is 10.4 Å². The summed E-state index contributed by atoms with van der Waals surface area (Å²) in [6.45, 7) is 0. The van der Waals surface area contributed by atoms with Crippen LogP contribution < -0.4 is 5.32 Å². The van der Waals surface area contributed by atoms with Crippen LogP contribution in [0.25, 0.3) is 16.3 Å². The molecule has 0 aliphatic heterocycles. The average Bonchev–Trinajstić information content (AvgIpc) is 3.35. The summed E-state index contributed by atoms with van der Waals surface area (Å²) in [7, 11) is 0. The van der Waals surface area contributed by atoms with Crippen LogP contribution in [0, 0.1) is 0 Å². The molecule has 0 aliphatic carbocycles. The fraction of sp³-hybridized carbons (Fsp3) is 0. The zero-order chi connectivity index (χ0) is 17.2. The molecule has 8 heteroatoms. The number of amides is 1. The van der Waals surface area contributed by atoms with E-state index < -0.39 is 0 Å². The molecule has 0 aliphatic rings. The summed E-state index contributed by atoms with van der Waals surface area (Å²) in [5, 5.41) is 9.77. The number of thiophene rings is 1. The molecule has 0 radical (unpaired) electrons. The van der Waals surface area contributed by atoms with Crippen LogP contribution in [0.15, 0.2) is 60.2 Å². The predicted molar refractivity (Wildman–Crippen MR) is 102 cm³/mol. The van der Waals surface area contributed by atoms with E-state index in [0.717, 1.165) is 10.6 Å². The molecule has 0 bridgehead atoms. The standard InChI is InChI=1S/C17H11ClN4OS2/c18-14-7-6-13(25-14)15-12(16(23)20-17-19-8-9-24-17)10-22(21-15)11-4-2-1-3-5-11/h1-10H,(H,19,20,23). The lowest BCUT2D eigenvalue weighted by molar-refractivity contribution is 0.102. The number of thiazole rings is 1. The van der Waals surface area contributed by atoms with Crippen LogP contribution in [0.5, 0.6) is 0 Å². The minimum Gasteiger partial charge on any atom is -0.298 e. The highest BCUT2D eigenvalue weighted by Crippen LogP contribution is 2.33. The highest BCUT2D eigenvalue weighted by atomic mass is 35.5. The first kappa shape index (κ1) is 16.0. The summed E-state index contributed by atoms with van der Waals surface area (Å²) in [6.07, 6.45) is 3.37. The second-order valence-electron chi connectivity index (χ2n) is 5.07. The number of aromatic nitrogens is 3. The third-order valence-corrected chi connectivity index (χ3v) is 5.37. The molecule has 1 amide bonds. The molecule has 1 N–H and O–H groups in total. The minimum absolute atomic E-state index is 0.253. The van der Waals surface area contributed by atoms with Gasteiger partial charge in [-0.2, -0.15) is 5.10 Å². The van der Waals surface area contributed by atoms with Crippen molar-refractivity contribution in [2.24, 2.45) is 0 Å². The number of anilines is 1. The van der Waals surface area contributed by atoms with Gasteiger partial charge in [0.2, 0.25) is 0 Å². The van der Waals surface area contributed by atoms with Gasteiger partial charge in [-0.25, -0.2) is 9.67 Å². The average molecular weight is 387 g/mol. The normalized spacial score (nSPS) is 10.8. The molecule has 5 nitrogen and oxygen atoms in total. The Morgan fingerprint density at radius 1 is 1.16 bits per heavy atom. The fourth-order valence-electron chi connectivity index (χ4n) is 2.33. The van der Waals surface area contributed by atoms with Gasteiger partial charge in [-0.1, -0.05) is 29.8 Å². The van der Waals surface area contributed by atoms with Gasteiger partial charge in [-0.05, 0) is 24.3 Å². The number of nitrogens with one attached hydrogen (secondary N) is 1. The van der Waals surface area contributed by atoms with Crippen molar-refractivity contribution in [1.82, 2.24) is 14.8 Å². The topological polar surface area (TPSA) is 59.8 Å². The van der Waals surface area contributed by atoms with Gasteiger partial charge in [0.1, 0.15) is 5.69 Å². The molecule has 124 valence electrons. The van der Waals surface area contributed by atoms with Gasteiger partial charge in [0.05, 0.1) is 20.5 Å². The maximum atomic E-state index is 12.7. The predicted octanol–water partition coefficient (Wildman–Crippen LogP) is 4.96. The number of nitrogens with zero attached hydrogens (tertiary/aromatic N) is 3. The molecule has 4 rings (SSSR count). The van der Waals surface area contributed by atoms with Crippen LogP contribution in [-0.2, 0) is 0 Å². The van der Waals surface area contributed by atoms with Crippen molar-refractivity contribution in [2.75, 3.05) is 5.32 Å². The third kappa shape index (κ3) is 3.34. The summed E-state index contributed by atoms with van der Waals surface area (Å²) in [5.74, 6) is -0.253. The number of carbonyl (C=O) groups is 1. The van der Waals surface area contributed by atoms with Crippen LogP contribution in [0.3, 0.4) is 0 Å².